The maximum atomic E-state index is 12.9. The van der Waals surface area contributed by atoms with Crippen molar-refractivity contribution in [1.29, 1.82) is 0 Å². The van der Waals surface area contributed by atoms with Crippen molar-refractivity contribution in [2.24, 2.45) is 0 Å². The summed E-state index contributed by atoms with van der Waals surface area (Å²) in [5.74, 6) is -0.198. The van der Waals surface area contributed by atoms with E-state index >= 15 is 0 Å². The van der Waals surface area contributed by atoms with Gasteiger partial charge in [-0.05, 0) is 73.5 Å². The smallest absolute Gasteiger partial charge is 0.310 e. The fourth-order valence-electron chi connectivity index (χ4n) is 4.34. The van der Waals surface area contributed by atoms with Crippen molar-refractivity contribution in [3.05, 3.63) is 83.4 Å². The number of carbonyl (C=O) groups is 4. The average molecular weight is 515 g/mol. The zero-order valence-electron chi connectivity index (χ0n) is 20.8. The van der Waals surface area contributed by atoms with Gasteiger partial charge in [0.1, 0.15) is 17.2 Å². The zero-order chi connectivity index (χ0) is 26.6. The number of nitrogens with one attached hydrogen (secondary N) is 1. The summed E-state index contributed by atoms with van der Waals surface area (Å²) in [7, 11) is 0. The maximum Gasteiger partial charge on any atom is 0.310 e. The number of amides is 3. The number of carbonyl (C=O) groups excluding carboxylic acids is 4. The third-order valence-corrected chi connectivity index (χ3v) is 6.32. The number of imide groups is 1. The van der Waals surface area contributed by atoms with E-state index in [1.807, 2.05) is 0 Å². The standard InChI is InChI=1S/C29H26N2O7/c1-2-26(32)38-21-6-3-5-18(15-21)27(33)30-19-8-10-20(11-9-19)37-22-12-13-24-25(16-22)29(35)31(28(24)34)17-23-7-4-14-36-23/h3,5-6,8-13,15-16,23H,2,4,7,14,17H2,1H3,(H,30,33). The minimum absolute atomic E-state index is 0.116. The van der Waals surface area contributed by atoms with Gasteiger partial charge in [-0.3, -0.25) is 24.1 Å². The Kier molecular flexibility index (Phi) is 7.19. The number of hydrogen-bond donors (Lipinski definition) is 1. The van der Waals surface area contributed by atoms with Crippen LogP contribution in [0.3, 0.4) is 0 Å². The zero-order valence-corrected chi connectivity index (χ0v) is 20.8. The number of esters is 1. The SMILES string of the molecule is CCC(=O)Oc1cccc(C(=O)Nc2ccc(Oc3ccc4c(c3)C(=O)N(CC3CCCO3)C4=O)cc2)c1. The van der Waals surface area contributed by atoms with E-state index < -0.39 is 0 Å². The predicted molar refractivity (Wildman–Crippen MR) is 138 cm³/mol. The quantitative estimate of drug-likeness (QED) is 0.261. The van der Waals surface area contributed by atoms with E-state index in [9.17, 15) is 19.2 Å². The third kappa shape index (κ3) is 5.42. The van der Waals surface area contributed by atoms with Crippen LogP contribution < -0.4 is 14.8 Å². The lowest BCUT2D eigenvalue weighted by Gasteiger charge is -2.17. The Labute approximate surface area is 219 Å². The summed E-state index contributed by atoms with van der Waals surface area (Å²) in [4.78, 5) is 51.0. The number of anilines is 1. The van der Waals surface area contributed by atoms with Crippen LogP contribution in [0.5, 0.6) is 17.2 Å². The first-order valence-electron chi connectivity index (χ1n) is 12.4. The number of nitrogens with zero attached hydrogens (tertiary/aromatic N) is 1. The largest absolute Gasteiger partial charge is 0.457 e. The molecule has 1 unspecified atom stereocenters. The minimum Gasteiger partial charge on any atom is -0.457 e. The highest BCUT2D eigenvalue weighted by atomic mass is 16.5. The Hall–Kier alpha value is -4.50. The summed E-state index contributed by atoms with van der Waals surface area (Å²) in [5, 5.41) is 2.79. The Balaban J connectivity index is 1.22. The first-order valence-corrected chi connectivity index (χ1v) is 12.4. The van der Waals surface area contributed by atoms with Crippen molar-refractivity contribution in [2.75, 3.05) is 18.5 Å². The molecular weight excluding hydrogens is 488 g/mol. The number of rotatable bonds is 8. The molecule has 1 N–H and O–H groups in total. The highest BCUT2D eigenvalue weighted by Crippen LogP contribution is 2.31. The fraction of sp³-hybridized carbons (Fsp3) is 0.241. The Morgan fingerprint density at radius 1 is 0.947 bits per heavy atom. The van der Waals surface area contributed by atoms with E-state index in [2.05, 4.69) is 5.32 Å². The summed E-state index contributed by atoms with van der Waals surface area (Å²) in [6, 6.07) is 17.9. The molecule has 2 aliphatic rings. The maximum absolute atomic E-state index is 12.9. The van der Waals surface area contributed by atoms with E-state index in [0.717, 1.165) is 12.8 Å². The van der Waals surface area contributed by atoms with Crippen molar-refractivity contribution in [3.8, 4) is 17.2 Å². The van der Waals surface area contributed by atoms with E-state index in [1.165, 1.54) is 11.0 Å². The van der Waals surface area contributed by atoms with Gasteiger partial charge in [0.25, 0.3) is 17.7 Å². The molecule has 3 aromatic rings. The normalized spacial score (nSPS) is 16.3. The van der Waals surface area contributed by atoms with Gasteiger partial charge in [-0.1, -0.05) is 13.0 Å². The third-order valence-electron chi connectivity index (χ3n) is 6.32. The molecular formula is C29H26N2O7. The van der Waals surface area contributed by atoms with E-state index in [-0.39, 0.29) is 42.8 Å². The fourth-order valence-corrected chi connectivity index (χ4v) is 4.34. The average Bonchev–Trinajstić information content (AvgIpc) is 3.53. The van der Waals surface area contributed by atoms with Crippen LogP contribution in [-0.2, 0) is 9.53 Å². The van der Waals surface area contributed by atoms with Gasteiger partial charge < -0.3 is 19.5 Å². The molecule has 0 spiro atoms. The topological polar surface area (TPSA) is 111 Å². The van der Waals surface area contributed by atoms with E-state index in [0.29, 0.717) is 46.2 Å². The molecule has 9 nitrogen and oxygen atoms in total. The van der Waals surface area contributed by atoms with Crippen LogP contribution in [0, 0.1) is 0 Å². The molecule has 3 amide bonds. The van der Waals surface area contributed by atoms with Crippen LogP contribution in [0.1, 0.15) is 57.3 Å². The van der Waals surface area contributed by atoms with Crippen LogP contribution in [0.2, 0.25) is 0 Å². The molecule has 0 aliphatic carbocycles. The van der Waals surface area contributed by atoms with Gasteiger partial charge in [-0.2, -0.15) is 0 Å². The van der Waals surface area contributed by atoms with Crippen molar-refractivity contribution >= 4 is 29.4 Å². The molecule has 9 heteroatoms. The Bertz CT molecular complexity index is 1390. The first-order chi connectivity index (χ1) is 18.4. The molecule has 1 saturated heterocycles. The van der Waals surface area contributed by atoms with Crippen molar-refractivity contribution in [3.63, 3.8) is 0 Å². The van der Waals surface area contributed by atoms with Crippen LogP contribution in [0.25, 0.3) is 0 Å². The van der Waals surface area contributed by atoms with Gasteiger partial charge in [0.2, 0.25) is 0 Å². The summed E-state index contributed by atoms with van der Waals surface area (Å²) >= 11 is 0. The highest BCUT2D eigenvalue weighted by molar-refractivity contribution is 6.21. The molecule has 2 aliphatic heterocycles. The molecule has 3 aromatic carbocycles. The Morgan fingerprint density at radius 3 is 2.45 bits per heavy atom. The molecule has 1 atom stereocenters. The molecule has 2 heterocycles. The van der Waals surface area contributed by atoms with Crippen LogP contribution in [-0.4, -0.2) is 47.8 Å². The molecule has 194 valence electrons. The molecule has 1 fully saturated rings. The monoisotopic (exact) mass is 514 g/mol. The summed E-state index contributed by atoms with van der Waals surface area (Å²) in [6.07, 6.45) is 1.88. The van der Waals surface area contributed by atoms with Crippen LogP contribution >= 0.6 is 0 Å². The second-order valence-electron chi connectivity index (χ2n) is 9.00. The van der Waals surface area contributed by atoms with Crippen molar-refractivity contribution in [1.82, 2.24) is 4.90 Å². The molecule has 0 saturated carbocycles. The lowest BCUT2D eigenvalue weighted by molar-refractivity contribution is -0.134. The molecule has 5 rings (SSSR count). The summed E-state index contributed by atoms with van der Waals surface area (Å²) in [5.41, 5.74) is 1.54. The van der Waals surface area contributed by atoms with E-state index in [4.69, 9.17) is 14.2 Å². The first kappa shape index (κ1) is 25.2. The molecule has 0 radical (unpaired) electrons. The second kappa shape index (κ2) is 10.9. The van der Waals surface area contributed by atoms with Gasteiger partial charge >= 0.3 is 5.97 Å². The number of benzene rings is 3. The number of ether oxygens (including phenoxy) is 3. The van der Waals surface area contributed by atoms with Gasteiger partial charge in [-0.15, -0.1) is 0 Å². The summed E-state index contributed by atoms with van der Waals surface area (Å²) < 4.78 is 16.6. The van der Waals surface area contributed by atoms with Crippen molar-refractivity contribution in [2.45, 2.75) is 32.3 Å². The molecule has 38 heavy (non-hydrogen) atoms. The van der Waals surface area contributed by atoms with Gasteiger partial charge in [0.05, 0.1) is 23.8 Å². The second-order valence-corrected chi connectivity index (χ2v) is 9.00. The lowest BCUT2D eigenvalue weighted by atomic mass is 10.1. The van der Waals surface area contributed by atoms with Crippen LogP contribution in [0.15, 0.2) is 66.7 Å². The number of fused-ring (bicyclic) bond motifs is 1. The highest BCUT2D eigenvalue weighted by Gasteiger charge is 2.37. The van der Waals surface area contributed by atoms with Gasteiger partial charge in [-0.25, -0.2) is 0 Å². The van der Waals surface area contributed by atoms with Gasteiger partial charge in [0.15, 0.2) is 0 Å². The van der Waals surface area contributed by atoms with Gasteiger partial charge in [0, 0.05) is 24.3 Å². The lowest BCUT2D eigenvalue weighted by Crippen LogP contribution is -2.36. The Morgan fingerprint density at radius 2 is 1.71 bits per heavy atom. The minimum atomic E-state index is -0.381. The van der Waals surface area contributed by atoms with Crippen molar-refractivity contribution < 1.29 is 33.4 Å². The number of hydrogen-bond acceptors (Lipinski definition) is 7. The molecule has 0 aromatic heterocycles. The van der Waals surface area contributed by atoms with Crippen LogP contribution in [0.4, 0.5) is 5.69 Å². The molecule has 0 bridgehead atoms. The summed E-state index contributed by atoms with van der Waals surface area (Å²) in [6.45, 7) is 2.60. The predicted octanol–water partition coefficient (Wildman–Crippen LogP) is 4.82. The van der Waals surface area contributed by atoms with E-state index in [1.54, 1.807) is 67.6 Å².